The van der Waals surface area contributed by atoms with E-state index in [1.54, 1.807) is 5.38 Å². The first-order valence-electron chi connectivity index (χ1n) is 8.40. The van der Waals surface area contributed by atoms with Crippen LogP contribution in [-0.4, -0.2) is 30.1 Å². The van der Waals surface area contributed by atoms with Crippen LogP contribution in [0.2, 0.25) is 0 Å². The summed E-state index contributed by atoms with van der Waals surface area (Å²) in [5, 5.41) is 5.49. The summed E-state index contributed by atoms with van der Waals surface area (Å²) in [5.41, 5.74) is 7.44. The van der Waals surface area contributed by atoms with Crippen molar-refractivity contribution in [1.82, 2.24) is 10.3 Å². The van der Waals surface area contributed by atoms with Gasteiger partial charge in [-0.1, -0.05) is 6.92 Å². The molecule has 1 aliphatic carbocycles. The van der Waals surface area contributed by atoms with Crippen molar-refractivity contribution in [2.45, 2.75) is 32.2 Å². The number of carbonyl (C=O) groups is 1. The van der Waals surface area contributed by atoms with Crippen molar-refractivity contribution in [1.29, 1.82) is 0 Å². The summed E-state index contributed by atoms with van der Waals surface area (Å²) in [6.07, 6.45) is 3.34. The molecule has 0 bridgehead atoms. The van der Waals surface area contributed by atoms with Gasteiger partial charge in [0.15, 0.2) is 0 Å². The predicted octanol–water partition coefficient (Wildman–Crippen LogP) is 3.49. The number of carbonyl (C=O) groups excluding carboxylic acids is 1. The molecule has 5 nitrogen and oxygen atoms in total. The van der Waals surface area contributed by atoms with Gasteiger partial charge in [-0.2, -0.15) is 0 Å². The van der Waals surface area contributed by atoms with E-state index < -0.39 is 0 Å². The van der Waals surface area contributed by atoms with Crippen molar-refractivity contribution < 1.29 is 9.53 Å². The zero-order valence-electron chi connectivity index (χ0n) is 14.2. The Labute approximate surface area is 158 Å². The van der Waals surface area contributed by atoms with Crippen LogP contribution in [0.4, 0.5) is 0 Å². The lowest BCUT2D eigenvalue weighted by Gasteiger charge is -2.10. The number of hydrogen-bond donors (Lipinski definition) is 2. The molecule has 1 atom stereocenters. The maximum Gasteiger partial charge on any atom is 0.270 e. The number of amides is 1. The largest absolute Gasteiger partial charge is 0.494 e. The molecule has 0 radical (unpaired) electrons. The molecule has 1 saturated carbocycles. The lowest BCUT2D eigenvalue weighted by Crippen LogP contribution is -2.38. The Morgan fingerprint density at radius 2 is 2.12 bits per heavy atom. The van der Waals surface area contributed by atoms with Crippen LogP contribution in [0.25, 0.3) is 10.6 Å². The van der Waals surface area contributed by atoms with Crippen LogP contribution in [0.1, 0.15) is 36.7 Å². The Hall–Kier alpha value is -1.63. The molecule has 136 valence electrons. The molecule has 3 rings (SSSR count). The summed E-state index contributed by atoms with van der Waals surface area (Å²) in [7, 11) is 0. The molecule has 2 aromatic rings. The number of nitrogens with one attached hydrogen (secondary N) is 1. The van der Waals surface area contributed by atoms with Crippen LogP contribution in [0.5, 0.6) is 5.75 Å². The van der Waals surface area contributed by atoms with Crippen molar-refractivity contribution >= 4 is 29.7 Å². The molecular weight excluding hydrogens is 358 g/mol. The van der Waals surface area contributed by atoms with E-state index in [1.165, 1.54) is 24.2 Å². The smallest absolute Gasteiger partial charge is 0.270 e. The molecule has 1 aliphatic rings. The van der Waals surface area contributed by atoms with Gasteiger partial charge in [0.25, 0.3) is 5.91 Å². The summed E-state index contributed by atoms with van der Waals surface area (Å²) in [6.45, 7) is 3.30. The predicted molar refractivity (Wildman–Crippen MR) is 104 cm³/mol. The Balaban J connectivity index is 0.00000225. The third-order valence-electron chi connectivity index (χ3n) is 4.04. The van der Waals surface area contributed by atoms with E-state index in [2.05, 4.69) is 17.2 Å². The maximum absolute atomic E-state index is 12.2. The number of benzene rings is 1. The Morgan fingerprint density at radius 1 is 1.40 bits per heavy atom. The zero-order chi connectivity index (χ0) is 16.9. The molecule has 0 saturated heterocycles. The third kappa shape index (κ3) is 5.42. The van der Waals surface area contributed by atoms with Gasteiger partial charge >= 0.3 is 0 Å². The van der Waals surface area contributed by atoms with Crippen molar-refractivity contribution in [2.75, 3.05) is 13.2 Å². The molecule has 1 aromatic carbocycles. The van der Waals surface area contributed by atoms with Gasteiger partial charge in [-0.3, -0.25) is 4.79 Å². The van der Waals surface area contributed by atoms with Crippen LogP contribution >= 0.6 is 23.7 Å². The number of aromatic nitrogens is 1. The van der Waals surface area contributed by atoms with E-state index >= 15 is 0 Å². The Bertz CT molecular complexity index is 686. The Morgan fingerprint density at radius 3 is 2.76 bits per heavy atom. The summed E-state index contributed by atoms with van der Waals surface area (Å²) < 4.78 is 5.58. The highest BCUT2D eigenvalue weighted by molar-refractivity contribution is 7.13. The molecular formula is C18H24ClN3O2S. The lowest BCUT2D eigenvalue weighted by molar-refractivity contribution is 0.0946. The molecule has 25 heavy (non-hydrogen) atoms. The van der Waals surface area contributed by atoms with Crippen LogP contribution in [0, 0.1) is 5.92 Å². The van der Waals surface area contributed by atoms with Gasteiger partial charge in [-0.25, -0.2) is 4.98 Å². The fourth-order valence-electron chi connectivity index (χ4n) is 2.42. The minimum Gasteiger partial charge on any atom is -0.494 e. The first kappa shape index (κ1) is 19.7. The molecule has 0 spiro atoms. The summed E-state index contributed by atoms with van der Waals surface area (Å²) in [4.78, 5) is 16.6. The summed E-state index contributed by atoms with van der Waals surface area (Å²) in [6, 6.07) is 7.85. The van der Waals surface area contributed by atoms with Crippen molar-refractivity contribution in [3.8, 4) is 16.3 Å². The number of halogens is 1. The quantitative estimate of drug-likeness (QED) is 0.733. The highest BCUT2D eigenvalue weighted by Gasteiger charge is 2.28. The molecule has 0 aliphatic heterocycles. The second kappa shape index (κ2) is 9.17. The maximum atomic E-state index is 12.2. The molecule has 1 amide bonds. The fraction of sp³-hybridized carbons (Fsp3) is 0.444. The molecule has 1 aromatic heterocycles. The zero-order valence-corrected chi connectivity index (χ0v) is 15.9. The number of thiazole rings is 1. The molecule has 3 N–H and O–H groups in total. The van der Waals surface area contributed by atoms with Gasteiger partial charge in [0.2, 0.25) is 0 Å². The lowest BCUT2D eigenvalue weighted by atomic mass is 10.2. The van der Waals surface area contributed by atoms with E-state index in [0.717, 1.165) is 22.7 Å². The monoisotopic (exact) mass is 381 g/mol. The van der Waals surface area contributed by atoms with E-state index in [4.69, 9.17) is 10.5 Å². The normalized spacial score (nSPS) is 14.5. The van der Waals surface area contributed by atoms with E-state index in [0.29, 0.717) is 24.8 Å². The van der Waals surface area contributed by atoms with Gasteiger partial charge in [0.1, 0.15) is 16.5 Å². The van der Waals surface area contributed by atoms with Crippen LogP contribution in [-0.2, 0) is 0 Å². The van der Waals surface area contributed by atoms with Crippen LogP contribution in [0.15, 0.2) is 29.6 Å². The highest BCUT2D eigenvalue weighted by atomic mass is 35.5. The number of nitrogens with zero attached hydrogens (tertiary/aromatic N) is 1. The third-order valence-corrected chi connectivity index (χ3v) is 4.93. The molecule has 7 heteroatoms. The van der Waals surface area contributed by atoms with Crippen molar-refractivity contribution in [3.63, 3.8) is 0 Å². The molecule has 1 heterocycles. The average molecular weight is 382 g/mol. The number of nitrogens with two attached hydrogens (primary N) is 1. The van der Waals surface area contributed by atoms with Gasteiger partial charge in [0.05, 0.1) is 6.61 Å². The Kier molecular flexibility index (Phi) is 7.23. The van der Waals surface area contributed by atoms with Gasteiger partial charge in [-0.15, -0.1) is 23.7 Å². The molecule has 1 fully saturated rings. The van der Waals surface area contributed by atoms with Crippen LogP contribution in [0.3, 0.4) is 0 Å². The van der Waals surface area contributed by atoms with E-state index in [9.17, 15) is 4.79 Å². The fourth-order valence-corrected chi connectivity index (χ4v) is 3.22. The average Bonchev–Trinajstić information content (AvgIpc) is 3.35. The van der Waals surface area contributed by atoms with Gasteiger partial charge in [-0.05, 0) is 49.4 Å². The summed E-state index contributed by atoms with van der Waals surface area (Å²) >= 11 is 1.46. The number of hydrogen-bond acceptors (Lipinski definition) is 5. The van der Waals surface area contributed by atoms with Crippen molar-refractivity contribution in [3.05, 3.63) is 35.3 Å². The van der Waals surface area contributed by atoms with E-state index in [1.807, 2.05) is 24.3 Å². The van der Waals surface area contributed by atoms with Gasteiger partial charge < -0.3 is 15.8 Å². The summed E-state index contributed by atoms with van der Waals surface area (Å²) in [5.74, 6) is 1.27. The topological polar surface area (TPSA) is 77.2 Å². The van der Waals surface area contributed by atoms with E-state index in [-0.39, 0.29) is 24.4 Å². The second-order valence-electron chi connectivity index (χ2n) is 6.12. The second-order valence-corrected chi connectivity index (χ2v) is 6.98. The van der Waals surface area contributed by atoms with Crippen LogP contribution < -0.4 is 15.8 Å². The minimum absolute atomic E-state index is 0. The first-order valence-corrected chi connectivity index (χ1v) is 9.28. The first-order chi connectivity index (χ1) is 11.7. The van der Waals surface area contributed by atoms with Crippen molar-refractivity contribution in [2.24, 2.45) is 11.7 Å². The number of rotatable bonds is 8. The molecule has 1 unspecified atom stereocenters. The van der Waals surface area contributed by atoms with Gasteiger partial charge in [0, 0.05) is 23.5 Å². The number of ether oxygens (including phenoxy) is 1. The standard InChI is InChI=1S/C18H23N3O2S.ClH/c1-2-9-23-14-7-5-13(6-8-14)18-21-16(11-24-18)17(22)20-10-15(19)12-3-4-12;/h5-8,11-12,15H,2-4,9-10,19H2,1H3,(H,20,22);1H. The minimum atomic E-state index is -0.156. The SMILES string of the molecule is CCCOc1ccc(-c2nc(C(=O)NCC(N)C3CC3)cs2)cc1.Cl. The highest BCUT2D eigenvalue weighted by Crippen LogP contribution is 2.31.